The maximum absolute atomic E-state index is 12.6. The number of fused-ring (bicyclic) bond motifs is 1. The third-order valence-corrected chi connectivity index (χ3v) is 5.16. The van der Waals surface area contributed by atoms with Crippen LogP contribution in [0.1, 0.15) is 30.0 Å². The van der Waals surface area contributed by atoms with Crippen LogP contribution in [-0.4, -0.2) is 12.5 Å². The van der Waals surface area contributed by atoms with Gasteiger partial charge in [-0.2, -0.15) is 0 Å². The number of amides is 1. The quantitative estimate of drug-likeness (QED) is 0.678. The van der Waals surface area contributed by atoms with Gasteiger partial charge in [0.25, 0.3) is 0 Å². The normalized spacial score (nSPS) is 15.8. The molecule has 3 nitrogen and oxygen atoms in total. The third-order valence-electron chi connectivity index (χ3n) is 5.16. The Balaban J connectivity index is 1.43. The molecule has 27 heavy (non-hydrogen) atoms. The molecule has 3 aromatic rings. The van der Waals surface area contributed by atoms with Gasteiger partial charge < -0.3 is 10.6 Å². The van der Waals surface area contributed by atoms with Gasteiger partial charge in [0.1, 0.15) is 0 Å². The van der Waals surface area contributed by atoms with Gasteiger partial charge in [0.05, 0.1) is 6.54 Å². The standard InChI is InChI=1S/C24H24N2O/c27-24(17-25-22-16-8-12-19-11-4-5-13-20(19)22)26-23-15-7-6-14-21(23)18-9-2-1-3-10-18/h1-7,9-11,13-15,22,25H,8,12,16-17H2,(H,26,27)/t22-/m0/s1. The van der Waals surface area contributed by atoms with Gasteiger partial charge >= 0.3 is 0 Å². The number of carbonyl (C=O) groups excluding carboxylic acids is 1. The van der Waals surface area contributed by atoms with Gasteiger partial charge in [0, 0.05) is 17.3 Å². The maximum Gasteiger partial charge on any atom is 0.238 e. The Hall–Kier alpha value is -2.91. The lowest BCUT2D eigenvalue weighted by Crippen LogP contribution is -2.33. The van der Waals surface area contributed by atoms with Crippen LogP contribution in [-0.2, 0) is 11.2 Å². The molecule has 4 rings (SSSR count). The Morgan fingerprint density at radius 1 is 0.889 bits per heavy atom. The molecule has 0 heterocycles. The molecule has 3 aromatic carbocycles. The molecule has 1 aliphatic carbocycles. The van der Waals surface area contributed by atoms with Crippen LogP contribution in [0.15, 0.2) is 78.9 Å². The summed E-state index contributed by atoms with van der Waals surface area (Å²) in [5, 5.41) is 6.52. The average Bonchev–Trinajstić information content (AvgIpc) is 2.73. The molecular weight excluding hydrogens is 332 g/mol. The number of anilines is 1. The molecule has 0 spiro atoms. The smallest absolute Gasteiger partial charge is 0.238 e. The summed E-state index contributed by atoms with van der Waals surface area (Å²) >= 11 is 0. The van der Waals surface area contributed by atoms with Crippen molar-refractivity contribution in [2.75, 3.05) is 11.9 Å². The fourth-order valence-corrected chi connectivity index (χ4v) is 3.84. The zero-order chi connectivity index (χ0) is 18.5. The first kappa shape index (κ1) is 17.5. The molecule has 3 heteroatoms. The van der Waals surface area contributed by atoms with Crippen molar-refractivity contribution in [3.63, 3.8) is 0 Å². The molecule has 0 fully saturated rings. The van der Waals surface area contributed by atoms with Crippen LogP contribution >= 0.6 is 0 Å². The Morgan fingerprint density at radius 3 is 2.52 bits per heavy atom. The number of nitrogens with one attached hydrogen (secondary N) is 2. The highest BCUT2D eigenvalue weighted by Crippen LogP contribution is 2.30. The van der Waals surface area contributed by atoms with Crippen molar-refractivity contribution < 1.29 is 4.79 Å². The zero-order valence-corrected chi connectivity index (χ0v) is 15.3. The highest BCUT2D eigenvalue weighted by atomic mass is 16.1. The molecule has 0 aliphatic heterocycles. The summed E-state index contributed by atoms with van der Waals surface area (Å²) < 4.78 is 0. The fraction of sp³-hybridized carbons (Fsp3) is 0.208. The van der Waals surface area contributed by atoms with Crippen molar-refractivity contribution in [2.24, 2.45) is 0 Å². The molecule has 0 bridgehead atoms. The van der Waals surface area contributed by atoms with Gasteiger partial charge in [-0.05, 0) is 42.0 Å². The minimum atomic E-state index is -0.0126. The number of para-hydroxylation sites is 1. The first-order chi connectivity index (χ1) is 13.3. The second kappa shape index (κ2) is 8.19. The van der Waals surface area contributed by atoms with E-state index >= 15 is 0 Å². The summed E-state index contributed by atoms with van der Waals surface area (Å²) in [7, 11) is 0. The molecule has 1 amide bonds. The molecule has 0 unspecified atom stereocenters. The number of hydrogen-bond acceptors (Lipinski definition) is 2. The molecule has 1 aliphatic rings. The minimum absolute atomic E-state index is 0.0126. The van der Waals surface area contributed by atoms with Gasteiger partial charge in [-0.1, -0.05) is 72.8 Å². The summed E-state index contributed by atoms with van der Waals surface area (Å²) in [4.78, 5) is 12.6. The number of hydrogen-bond donors (Lipinski definition) is 2. The zero-order valence-electron chi connectivity index (χ0n) is 15.3. The summed E-state index contributed by atoms with van der Waals surface area (Å²) in [6.07, 6.45) is 3.36. The Bertz CT molecular complexity index is 920. The number of rotatable bonds is 5. The second-order valence-electron chi connectivity index (χ2n) is 6.98. The summed E-state index contributed by atoms with van der Waals surface area (Å²) in [5.74, 6) is -0.0126. The van der Waals surface area contributed by atoms with E-state index in [0.29, 0.717) is 6.54 Å². The van der Waals surface area contributed by atoms with E-state index in [-0.39, 0.29) is 11.9 Å². The maximum atomic E-state index is 12.6. The van der Waals surface area contributed by atoms with Crippen molar-refractivity contribution >= 4 is 11.6 Å². The number of benzene rings is 3. The lowest BCUT2D eigenvalue weighted by Gasteiger charge is -2.26. The van der Waals surface area contributed by atoms with Crippen LogP contribution < -0.4 is 10.6 Å². The van der Waals surface area contributed by atoms with E-state index in [1.807, 2.05) is 42.5 Å². The number of aryl methyl sites for hydroxylation is 1. The van der Waals surface area contributed by atoms with Crippen molar-refractivity contribution in [2.45, 2.75) is 25.3 Å². The third kappa shape index (κ3) is 4.09. The van der Waals surface area contributed by atoms with Crippen molar-refractivity contribution in [1.29, 1.82) is 0 Å². The van der Waals surface area contributed by atoms with Gasteiger partial charge in [-0.25, -0.2) is 0 Å². The SMILES string of the molecule is O=C(CN[C@H]1CCCc2ccccc21)Nc1ccccc1-c1ccccc1. The van der Waals surface area contributed by atoms with E-state index in [9.17, 15) is 4.79 Å². The molecular formula is C24H24N2O. The Morgan fingerprint density at radius 2 is 1.63 bits per heavy atom. The first-order valence-electron chi connectivity index (χ1n) is 9.57. The van der Waals surface area contributed by atoms with Gasteiger partial charge in [-0.3, -0.25) is 4.79 Å². The second-order valence-corrected chi connectivity index (χ2v) is 6.98. The van der Waals surface area contributed by atoms with Crippen LogP contribution in [0.2, 0.25) is 0 Å². The van der Waals surface area contributed by atoms with Crippen molar-refractivity contribution in [3.8, 4) is 11.1 Å². The predicted octanol–water partition coefficient (Wildman–Crippen LogP) is 4.96. The predicted molar refractivity (Wildman–Crippen MR) is 111 cm³/mol. The van der Waals surface area contributed by atoms with Crippen LogP contribution in [0.4, 0.5) is 5.69 Å². The average molecular weight is 356 g/mol. The largest absolute Gasteiger partial charge is 0.324 e. The topological polar surface area (TPSA) is 41.1 Å². The van der Waals surface area contributed by atoms with Gasteiger partial charge in [0.15, 0.2) is 0 Å². The Kier molecular flexibility index (Phi) is 5.31. The highest BCUT2D eigenvalue weighted by Gasteiger charge is 2.20. The van der Waals surface area contributed by atoms with Crippen LogP contribution in [0.3, 0.4) is 0 Å². The van der Waals surface area contributed by atoms with E-state index in [2.05, 4.69) is 47.0 Å². The van der Waals surface area contributed by atoms with Crippen molar-refractivity contribution in [1.82, 2.24) is 5.32 Å². The molecule has 0 radical (unpaired) electrons. The summed E-state index contributed by atoms with van der Waals surface area (Å²) in [6, 6.07) is 26.9. The van der Waals surface area contributed by atoms with E-state index in [1.165, 1.54) is 11.1 Å². The van der Waals surface area contributed by atoms with Crippen molar-refractivity contribution in [3.05, 3.63) is 90.0 Å². The van der Waals surface area contributed by atoms with Crippen LogP contribution in [0.25, 0.3) is 11.1 Å². The molecule has 2 N–H and O–H groups in total. The molecule has 136 valence electrons. The molecule has 0 saturated carbocycles. The lowest BCUT2D eigenvalue weighted by molar-refractivity contribution is -0.115. The van der Waals surface area contributed by atoms with E-state index < -0.39 is 0 Å². The minimum Gasteiger partial charge on any atom is -0.324 e. The highest BCUT2D eigenvalue weighted by molar-refractivity contribution is 5.96. The van der Waals surface area contributed by atoms with E-state index in [0.717, 1.165) is 36.1 Å². The van der Waals surface area contributed by atoms with Gasteiger partial charge in [0.2, 0.25) is 5.91 Å². The molecule has 1 atom stereocenters. The lowest BCUT2D eigenvalue weighted by atomic mass is 9.88. The van der Waals surface area contributed by atoms with Crippen LogP contribution in [0, 0.1) is 0 Å². The van der Waals surface area contributed by atoms with Gasteiger partial charge in [-0.15, -0.1) is 0 Å². The monoisotopic (exact) mass is 356 g/mol. The Labute approximate surface area is 160 Å². The molecule has 0 saturated heterocycles. The van der Waals surface area contributed by atoms with E-state index in [4.69, 9.17) is 0 Å². The molecule has 0 aromatic heterocycles. The first-order valence-corrected chi connectivity index (χ1v) is 9.57. The number of carbonyl (C=O) groups is 1. The summed E-state index contributed by atoms with van der Waals surface area (Å²) in [5.41, 5.74) is 5.72. The summed E-state index contributed by atoms with van der Waals surface area (Å²) in [6.45, 7) is 0.308. The van der Waals surface area contributed by atoms with E-state index in [1.54, 1.807) is 0 Å². The van der Waals surface area contributed by atoms with Crippen LogP contribution in [0.5, 0.6) is 0 Å². The fourth-order valence-electron chi connectivity index (χ4n) is 3.84.